The van der Waals surface area contributed by atoms with Gasteiger partial charge in [-0.05, 0) is 47.6 Å². The van der Waals surface area contributed by atoms with Crippen molar-refractivity contribution in [2.75, 3.05) is 6.61 Å². The third-order valence-corrected chi connectivity index (χ3v) is 4.68. The largest absolute Gasteiger partial charge is 0.493 e. The standard InChI is InChI=1S/C18H19NO/c19-17-9-8-16-15(17)6-3-7-18(16)20-11-13-10-12-4-1-2-5-14(12)13/h1-7,13,17H,8-11,19H2. The van der Waals surface area contributed by atoms with Crippen LogP contribution in [0.3, 0.4) is 0 Å². The van der Waals surface area contributed by atoms with Crippen molar-refractivity contribution in [3.63, 3.8) is 0 Å². The molecule has 0 aromatic heterocycles. The Labute approximate surface area is 119 Å². The van der Waals surface area contributed by atoms with Crippen LogP contribution in [0.1, 0.15) is 40.6 Å². The van der Waals surface area contributed by atoms with E-state index >= 15 is 0 Å². The lowest BCUT2D eigenvalue weighted by Gasteiger charge is -2.30. The summed E-state index contributed by atoms with van der Waals surface area (Å²) in [4.78, 5) is 0. The molecule has 2 aromatic carbocycles. The highest BCUT2D eigenvalue weighted by Crippen LogP contribution is 2.38. The van der Waals surface area contributed by atoms with Crippen LogP contribution in [0.5, 0.6) is 5.75 Å². The zero-order chi connectivity index (χ0) is 13.5. The Morgan fingerprint density at radius 3 is 2.80 bits per heavy atom. The predicted molar refractivity (Wildman–Crippen MR) is 80.1 cm³/mol. The summed E-state index contributed by atoms with van der Waals surface area (Å²) in [6.45, 7) is 0.780. The molecule has 2 aliphatic rings. The second kappa shape index (κ2) is 4.64. The molecule has 0 saturated heterocycles. The molecular formula is C18H19NO. The minimum atomic E-state index is 0.193. The van der Waals surface area contributed by atoms with Crippen LogP contribution in [0, 0.1) is 0 Å². The van der Waals surface area contributed by atoms with E-state index in [2.05, 4.69) is 42.5 Å². The lowest BCUT2D eigenvalue weighted by atomic mass is 9.78. The molecule has 0 heterocycles. The number of benzene rings is 2. The number of ether oxygens (including phenoxy) is 1. The molecular weight excluding hydrogens is 246 g/mol. The number of rotatable bonds is 3. The smallest absolute Gasteiger partial charge is 0.122 e. The molecule has 2 unspecified atom stereocenters. The highest BCUT2D eigenvalue weighted by Gasteiger charge is 2.27. The number of nitrogens with two attached hydrogens (primary N) is 1. The van der Waals surface area contributed by atoms with Gasteiger partial charge in [0.2, 0.25) is 0 Å². The molecule has 0 spiro atoms. The van der Waals surface area contributed by atoms with Crippen LogP contribution in [0.15, 0.2) is 42.5 Å². The third kappa shape index (κ3) is 1.83. The SMILES string of the molecule is NC1CCc2c(OCC3Cc4ccccc43)cccc21. The molecule has 2 atom stereocenters. The third-order valence-electron chi connectivity index (χ3n) is 4.68. The van der Waals surface area contributed by atoms with Crippen LogP contribution in [0.25, 0.3) is 0 Å². The van der Waals surface area contributed by atoms with Gasteiger partial charge < -0.3 is 10.5 Å². The first-order valence-corrected chi connectivity index (χ1v) is 7.41. The van der Waals surface area contributed by atoms with Crippen LogP contribution in [0.4, 0.5) is 0 Å². The second-order valence-corrected chi connectivity index (χ2v) is 5.88. The fourth-order valence-corrected chi connectivity index (χ4v) is 3.49. The summed E-state index contributed by atoms with van der Waals surface area (Å²) < 4.78 is 6.10. The van der Waals surface area contributed by atoms with Gasteiger partial charge >= 0.3 is 0 Å². The molecule has 0 saturated carbocycles. The van der Waals surface area contributed by atoms with E-state index in [9.17, 15) is 0 Å². The second-order valence-electron chi connectivity index (χ2n) is 5.88. The molecule has 4 rings (SSSR count). The van der Waals surface area contributed by atoms with Gasteiger partial charge in [-0.1, -0.05) is 36.4 Å². The van der Waals surface area contributed by atoms with E-state index in [-0.39, 0.29) is 6.04 Å². The highest BCUT2D eigenvalue weighted by molar-refractivity contribution is 5.45. The van der Waals surface area contributed by atoms with Gasteiger partial charge in [-0.2, -0.15) is 0 Å². The lowest BCUT2D eigenvalue weighted by molar-refractivity contribution is 0.273. The summed E-state index contributed by atoms with van der Waals surface area (Å²) in [6.07, 6.45) is 3.24. The van der Waals surface area contributed by atoms with Crippen LogP contribution >= 0.6 is 0 Å². The Morgan fingerprint density at radius 1 is 1.05 bits per heavy atom. The van der Waals surface area contributed by atoms with Crippen molar-refractivity contribution in [3.05, 3.63) is 64.7 Å². The van der Waals surface area contributed by atoms with Crippen molar-refractivity contribution in [3.8, 4) is 5.75 Å². The molecule has 2 aliphatic carbocycles. The monoisotopic (exact) mass is 265 g/mol. The topological polar surface area (TPSA) is 35.2 Å². The summed E-state index contributed by atoms with van der Waals surface area (Å²) in [7, 11) is 0. The van der Waals surface area contributed by atoms with E-state index in [1.54, 1.807) is 0 Å². The maximum absolute atomic E-state index is 6.12. The molecule has 2 nitrogen and oxygen atoms in total. The van der Waals surface area contributed by atoms with Crippen molar-refractivity contribution in [1.29, 1.82) is 0 Å². The molecule has 102 valence electrons. The van der Waals surface area contributed by atoms with E-state index in [0.29, 0.717) is 5.92 Å². The van der Waals surface area contributed by atoms with E-state index < -0.39 is 0 Å². The Hall–Kier alpha value is -1.80. The molecule has 0 fully saturated rings. The van der Waals surface area contributed by atoms with Gasteiger partial charge in [0.1, 0.15) is 5.75 Å². The maximum atomic E-state index is 6.12. The Balaban J connectivity index is 1.50. The van der Waals surface area contributed by atoms with Crippen LogP contribution in [-0.2, 0) is 12.8 Å². The summed E-state index contributed by atoms with van der Waals surface area (Å²) in [5, 5.41) is 0. The maximum Gasteiger partial charge on any atom is 0.122 e. The van der Waals surface area contributed by atoms with Gasteiger partial charge in [0, 0.05) is 12.0 Å². The Kier molecular flexibility index (Phi) is 2.78. The van der Waals surface area contributed by atoms with Gasteiger partial charge in [0.25, 0.3) is 0 Å². The fourth-order valence-electron chi connectivity index (χ4n) is 3.49. The molecule has 20 heavy (non-hydrogen) atoms. The number of hydrogen-bond donors (Lipinski definition) is 1. The van der Waals surface area contributed by atoms with Gasteiger partial charge in [0.05, 0.1) is 6.61 Å². The van der Waals surface area contributed by atoms with Gasteiger partial charge in [0.15, 0.2) is 0 Å². The summed E-state index contributed by atoms with van der Waals surface area (Å²) in [5.41, 5.74) is 11.6. The van der Waals surface area contributed by atoms with Crippen LogP contribution in [0.2, 0.25) is 0 Å². The summed E-state index contributed by atoms with van der Waals surface area (Å²) in [6, 6.07) is 15.1. The van der Waals surface area contributed by atoms with Crippen LogP contribution < -0.4 is 10.5 Å². The molecule has 0 amide bonds. The minimum Gasteiger partial charge on any atom is -0.493 e. The zero-order valence-corrected chi connectivity index (χ0v) is 11.5. The lowest BCUT2D eigenvalue weighted by Crippen LogP contribution is -2.23. The molecule has 0 bridgehead atoms. The Bertz CT molecular complexity index is 650. The first kappa shape index (κ1) is 12.0. The zero-order valence-electron chi connectivity index (χ0n) is 11.5. The molecule has 2 aromatic rings. The van der Waals surface area contributed by atoms with Gasteiger partial charge in [-0.25, -0.2) is 0 Å². The fraction of sp³-hybridized carbons (Fsp3) is 0.333. The van der Waals surface area contributed by atoms with Crippen molar-refractivity contribution >= 4 is 0 Å². The molecule has 2 heteroatoms. The van der Waals surface area contributed by atoms with E-state index in [1.165, 1.54) is 22.3 Å². The summed E-state index contributed by atoms with van der Waals surface area (Å²) >= 11 is 0. The summed E-state index contributed by atoms with van der Waals surface area (Å²) in [5.74, 6) is 1.59. The van der Waals surface area contributed by atoms with Crippen molar-refractivity contribution in [1.82, 2.24) is 0 Å². The van der Waals surface area contributed by atoms with E-state index in [4.69, 9.17) is 10.5 Å². The number of fused-ring (bicyclic) bond motifs is 2. The highest BCUT2D eigenvalue weighted by atomic mass is 16.5. The number of hydrogen-bond acceptors (Lipinski definition) is 2. The predicted octanol–water partition coefficient (Wildman–Crippen LogP) is 3.35. The van der Waals surface area contributed by atoms with Crippen molar-refractivity contribution in [2.45, 2.75) is 31.2 Å². The quantitative estimate of drug-likeness (QED) is 0.923. The minimum absolute atomic E-state index is 0.193. The normalized spacial score (nSPS) is 22.9. The van der Waals surface area contributed by atoms with Gasteiger partial charge in [-0.3, -0.25) is 0 Å². The van der Waals surface area contributed by atoms with Crippen molar-refractivity contribution in [2.24, 2.45) is 5.73 Å². The van der Waals surface area contributed by atoms with Gasteiger partial charge in [-0.15, -0.1) is 0 Å². The molecule has 0 radical (unpaired) electrons. The van der Waals surface area contributed by atoms with Crippen molar-refractivity contribution < 1.29 is 4.74 Å². The molecule has 2 N–H and O–H groups in total. The average molecular weight is 265 g/mol. The van der Waals surface area contributed by atoms with E-state index in [0.717, 1.165) is 31.6 Å². The van der Waals surface area contributed by atoms with Crippen LogP contribution in [-0.4, -0.2) is 6.61 Å². The first-order valence-electron chi connectivity index (χ1n) is 7.41. The average Bonchev–Trinajstić information content (AvgIpc) is 2.83. The molecule has 0 aliphatic heterocycles. The van der Waals surface area contributed by atoms with E-state index in [1.807, 2.05) is 0 Å². The Morgan fingerprint density at radius 2 is 1.90 bits per heavy atom. The first-order chi connectivity index (χ1) is 9.83.